The smallest absolute Gasteiger partial charge is 0.161 e. The van der Waals surface area contributed by atoms with Crippen molar-refractivity contribution < 1.29 is 14.3 Å². The van der Waals surface area contributed by atoms with E-state index >= 15 is 0 Å². The van der Waals surface area contributed by atoms with Crippen molar-refractivity contribution >= 4 is 11.5 Å². The summed E-state index contributed by atoms with van der Waals surface area (Å²) in [5.41, 5.74) is 1.62. The highest BCUT2D eigenvalue weighted by atomic mass is 19.1. The Morgan fingerprint density at radius 1 is 1.35 bits per heavy atom. The maximum atomic E-state index is 13.7. The molecule has 0 aliphatic heterocycles. The van der Waals surface area contributed by atoms with Crippen LogP contribution in [-0.2, 0) is 0 Å². The summed E-state index contributed by atoms with van der Waals surface area (Å²) in [6.07, 6.45) is 1.81. The van der Waals surface area contributed by atoms with Crippen molar-refractivity contribution in [1.29, 1.82) is 0 Å². The number of aliphatic hydroxyl groups excluding tert-OH is 1. The Morgan fingerprint density at radius 2 is 1.95 bits per heavy atom. The zero-order chi connectivity index (χ0) is 15.3. The molecule has 0 aromatic heterocycles. The minimum absolute atomic E-state index is 0.00423. The molecule has 0 fully saturated rings. The summed E-state index contributed by atoms with van der Waals surface area (Å²) in [5.74, 6) is -0.528. The number of aliphatic hydroxyl groups is 1. The van der Waals surface area contributed by atoms with Gasteiger partial charge in [0.05, 0.1) is 6.61 Å². The molecule has 20 heavy (non-hydrogen) atoms. The Balaban J connectivity index is 3.37. The van der Waals surface area contributed by atoms with E-state index in [-0.39, 0.29) is 24.2 Å². The predicted molar refractivity (Wildman–Crippen MR) is 79.9 cm³/mol. The molecule has 1 N–H and O–H groups in total. The monoisotopic (exact) mass is 281 g/mol. The fraction of sp³-hybridized carbons (Fsp3) is 0.562. The van der Waals surface area contributed by atoms with Crippen molar-refractivity contribution in [2.75, 3.05) is 18.1 Å². The summed E-state index contributed by atoms with van der Waals surface area (Å²) < 4.78 is 13.7. The van der Waals surface area contributed by atoms with Crippen LogP contribution in [0.4, 0.5) is 10.1 Å². The first-order valence-corrected chi connectivity index (χ1v) is 7.14. The van der Waals surface area contributed by atoms with Crippen molar-refractivity contribution in [3.63, 3.8) is 0 Å². The van der Waals surface area contributed by atoms with Crippen molar-refractivity contribution in [1.82, 2.24) is 0 Å². The average Bonchev–Trinajstić information content (AvgIpc) is 2.41. The molecule has 0 radical (unpaired) electrons. The van der Waals surface area contributed by atoms with Crippen molar-refractivity contribution in [3.05, 3.63) is 29.1 Å². The molecule has 1 aromatic carbocycles. The molecule has 0 amide bonds. The number of hydrogen-bond acceptors (Lipinski definition) is 3. The second-order valence-electron chi connectivity index (χ2n) is 5.06. The SMILES string of the molecule is CCC(CC)N(CCO)c1cc(C)c(F)cc1C(C)=O. The molecule has 0 aliphatic carbocycles. The largest absolute Gasteiger partial charge is 0.395 e. The van der Waals surface area contributed by atoms with Crippen LogP contribution in [0.25, 0.3) is 0 Å². The molecule has 0 unspecified atom stereocenters. The molecular formula is C16H24FNO2. The quantitative estimate of drug-likeness (QED) is 0.779. The first-order valence-electron chi connectivity index (χ1n) is 7.14. The van der Waals surface area contributed by atoms with Gasteiger partial charge in [0, 0.05) is 23.8 Å². The number of halogens is 1. The lowest BCUT2D eigenvalue weighted by Gasteiger charge is -2.33. The molecule has 3 nitrogen and oxygen atoms in total. The number of Topliss-reactive ketones (excluding diaryl/α,β-unsaturated/α-hetero) is 1. The molecule has 4 heteroatoms. The molecule has 0 aliphatic rings. The highest BCUT2D eigenvalue weighted by Gasteiger charge is 2.21. The molecule has 1 aromatic rings. The number of nitrogens with zero attached hydrogens (tertiary/aromatic N) is 1. The third kappa shape index (κ3) is 3.57. The van der Waals surface area contributed by atoms with Crippen molar-refractivity contribution in [2.45, 2.75) is 46.6 Å². The van der Waals surface area contributed by atoms with Gasteiger partial charge in [-0.15, -0.1) is 0 Å². The maximum Gasteiger partial charge on any atom is 0.161 e. The van der Waals surface area contributed by atoms with Gasteiger partial charge in [-0.05, 0) is 44.4 Å². The summed E-state index contributed by atoms with van der Waals surface area (Å²) in [7, 11) is 0. The number of ketones is 1. The number of carbonyl (C=O) groups excluding carboxylic acids is 1. The molecule has 112 valence electrons. The average molecular weight is 281 g/mol. The summed E-state index contributed by atoms with van der Waals surface area (Å²) in [4.78, 5) is 13.8. The van der Waals surface area contributed by atoms with Crippen LogP contribution in [0.5, 0.6) is 0 Å². The van der Waals surface area contributed by atoms with E-state index in [4.69, 9.17) is 0 Å². The molecule has 1 rings (SSSR count). The van der Waals surface area contributed by atoms with Gasteiger partial charge in [-0.3, -0.25) is 4.79 Å². The van der Waals surface area contributed by atoms with Crippen LogP contribution in [0.15, 0.2) is 12.1 Å². The van der Waals surface area contributed by atoms with Crippen LogP contribution >= 0.6 is 0 Å². The molecule has 0 spiro atoms. The number of anilines is 1. The lowest BCUT2D eigenvalue weighted by Crippen LogP contribution is -2.37. The summed E-state index contributed by atoms with van der Waals surface area (Å²) >= 11 is 0. The number of rotatable bonds is 7. The second-order valence-corrected chi connectivity index (χ2v) is 5.06. The maximum absolute atomic E-state index is 13.7. The Hall–Kier alpha value is -1.42. The first-order chi connectivity index (χ1) is 9.46. The van der Waals surface area contributed by atoms with E-state index in [0.717, 1.165) is 18.5 Å². The van der Waals surface area contributed by atoms with Crippen molar-refractivity contribution in [2.24, 2.45) is 0 Å². The van der Waals surface area contributed by atoms with Crippen LogP contribution in [0, 0.1) is 12.7 Å². The summed E-state index contributed by atoms with van der Waals surface area (Å²) in [6, 6.07) is 3.24. The first kappa shape index (κ1) is 16.6. The van der Waals surface area contributed by atoms with E-state index in [1.807, 2.05) is 4.90 Å². The zero-order valence-corrected chi connectivity index (χ0v) is 12.7. The number of carbonyl (C=O) groups is 1. The van der Waals surface area contributed by atoms with Gasteiger partial charge >= 0.3 is 0 Å². The topological polar surface area (TPSA) is 40.5 Å². The van der Waals surface area contributed by atoms with Gasteiger partial charge < -0.3 is 10.0 Å². The van der Waals surface area contributed by atoms with Gasteiger partial charge in [-0.2, -0.15) is 0 Å². The van der Waals surface area contributed by atoms with Gasteiger partial charge in [0.2, 0.25) is 0 Å². The third-order valence-electron chi connectivity index (χ3n) is 3.69. The number of hydrogen-bond donors (Lipinski definition) is 1. The Kier molecular flexibility index (Phi) is 6.14. The van der Waals surface area contributed by atoms with Gasteiger partial charge in [0.25, 0.3) is 0 Å². The summed E-state index contributed by atoms with van der Waals surface area (Å²) in [5, 5.41) is 9.29. The standard InChI is InChI=1S/C16H24FNO2/c1-5-13(6-2)18(7-8-19)16-9-11(3)15(17)10-14(16)12(4)20/h9-10,13,19H,5-8H2,1-4H3. The van der Waals surface area contributed by atoms with E-state index in [1.54, 1.807) is 13.0 Å². The molecule has 0 saturated carbocycles. The predicted octanol–water partition coefficient (Wildman–Crippen LogP) is 3.32. The lowest BCUT2D eigenvalue weighted by atomic mass is 10.0. The third-order valence-corrected chi connectivity index (χ3v) is 3.69. The Morgan fingerprint density at radius 3 is 2.40 bits per heavy atom. The fourth-order valence-corrected chi connectivity index (χ4v) is 2.52. The summed E-state index contributed by atoms with van der Waals surface area (Å²) in [6.45, 7) is 7.72. The van der Waals surface area contributed by atoms with Gasteiger partial charge in [0.15, 0.2) is 5.78 Å². The van der Waals surface area contributed by atoms with Crippen LogP contribution in [-0.4, -0.2) is 30.1 Å². The van der Waals surface area contributed by atoms with Crippen LogP contribution in [0.2, 0.25) is 0 Å². The molecule has 0 atom stereocenters. The number of benzene rings is 1. The van der Waals surface area contributed by atoms with Gasteiger partial charge in [0.1, 0.15) is 5.82 Å². The van der Waals surface area contributed by atoms with Crippen molar-refractivity contribution in [3.8, 4) is 0 Å². The van der Waals surface area contributed by atoms with Crippen LogP contribution in [0.1, 0.15) is 49.5 Å². The van der Waals surface area contributed by atoms with Crippen LogP contribution < -0.4 is 4.90 Å². The highest BCUT2D eigenvalue weighted by Crippen LogP contribution is 2.28. The molecular weight excluding hydrogens is 257 g/mol. The molecule has 0 bridgehead atoms. The zero-order valence-electron chi connectivity index (χ0n) is 12.7. The Bertz CT molecular complexity index is 470. The fourth-order valence-electron chi connectivity index (χ4n) is 2.52. The lowest BCUT2D eigenvalue weighted by molar-refractivity contribution is 0.101. The van der Waals surface area contributed by atoms with Gasteiger partial charge in [-0.25, -0.2) is 4.39 Å². The van der Waals surface area contributed by atoms with E-state index in [0.29, 0.717) is 17.7 Å². The normalized spacial score (nSPS) is 10.9. The van der Waals surface area contributed by atoms with E-state index < -0.39 is 0 Å². The van der Waals surface area contributed by atoms with Crippen LogP contribution in [0.3, 0.4) is 0 Å². The van der Waals surface area contributed by atoms with E-state index in [9.17, 15) is 14.3 Å². The molecule has 0 heterocycles. The highest BCUT2D eigenvalue weighted by molar-refractivity contribution is 6.00. The van der Waals surface area contributed by atoms with Gasteiger partial charge in [-0.1, -0.05) is 13.8 Å². The Labute approximate surface area is 120 Å². The number of aryl methyl sites for hydroxylation is 1. The van der Waals surface area contributed by atoms with E-state index in [2.05, 4.69) is 13.8 Å². The second kappa shape index (κ2) is 7.39. The van der Waals surface area contributed by atoms with E-state index in [1.165, 1.54) is 13.0 Å². The minimum atomic E-state index is -0.368. The minimum Gasteiger partial charge on any atom is -0.395 e. The molecule has 0 saturated heterocycles.